The Kier molecular flexibility index (Phi) is 5.81. The predicted molar refractivity (Wildman–Crippen MR) is 197 cm³/mol. The summed E-state index contributed by atoms with van der Waals surface area (Å²) in [7, 11) is 0. The number of hydrogen-bond acceptors (Lipinski definition) is 3. The SMILES string of the molecule is c1ccc(-c2nc(-c3ccc(-n4c5ccccc5c5ccc6c7ccccc7c7ccccc7c6c54)cn3)n(-c3ccccc3)n2)cc1. The molecule has 0 radical (unpaired) electrons. The molecule has 5 nitrogen and oxygen atoms in total. The van der Waals surface area contributed by atoms with Gasteiger partial charge in [-0.15, -0.1) is 5.10 Å². The zero-order valence-electron chi connectivity index (χ0n) is 25.8. The summed E-state index contributed by atoms with van der Waals surface area (Å²) in [6, 6.07) is 55.2. The molecule has 0 spiro atoms. The molecule has 0 aliphatic rings. The molecule has 0 aliphatic carbocycles. The van der Waals surface area contributed by atoms with E-state index in [-0.39, 0.29) is 0 Å². The fourth-order valence-corrected chi connectivity index (χ4v) is 7.30. The zero-order valence-corrected chi connectivity index (χ0v) is 25.8. The molecule has 10 rings (SSSR count). The van der Waals surface area contributed by atoms with Crippen molar-refractivity contribution in [1.82, 2.24) is 24.3 Å². The molecule has 0 saturated carbocycles. The Balaban J connectivity index is 1.23. The Morgan fingerprint density at radius 3 is 1.73 bits per heavy atom. The largest absolute Gasteiger partial charge is 0.307 e. The van der Waals surface area contributed by atoms with Gasteiger partial charge in [0.2, 0.25) is 0 Å². The molecule has 3 heterocycles. The highest BCUT2D eigenvalue weighted by atomic mass is 15.4. The van der Waals surface area contributed by atoms with Gasteiger partial charge in [0.25, 0.3) is 0 Å². The molecule has 48 heavy (non-hydrogen) atoms. The van der Waals surface area contributed by atoms with Crippen molar-refractivity contribution in [1.29, 1.82) is 0 Å². The first kappa shape index (κ1) is 26.6. The average molecular weight is 614 g/mol. The molecule has 0 amide bonds. The summed E-state index contributed by atoms with van der Waals surface area (Å²) in [6.07, 6.45) is 1.97. The molecule has 3 aromatic heterocycles. The first-order chi connectivity index (χ1) is 23.8. The lowest BCUT2D eigenvalue weighted by molar-refractivity contribution is 0.886. The number of hydrogen-bond donors (Lipinski definition) is 0. The molecule has 0 aliphatic heterocycles. The molecule has 224 valence electrons. The van der Waals surface area contributed by atoms with Crippen molar-refractivity contribution in [3.63, 3.8) is 0 Å². The van der Waals surface area contributed by atoms with Crippen LogP contribution in [0.15, 0.2) is 164 Å². The average Bonchev–Trinajstić information content (AvgIpc) is 3.76. The Labute approximate surface area is 276 Å². The Morgan fingerprint density at radius 1 is 0.438 bits per heavy atom. The van der Waals surface area contributed by atoms with Crippen LogP contribution >= 0.6 is 0 Å². The van der Waals surface area contributed by atoms with Crippen LogP contribution in [0.4, 0.5) is 0 Å². The Hall–Kier alpha value is -6.59. The Morgan fingerprint density at radius 2 is 1.02 bits per heavy atom. The van der Waals surface area contributed by atoms with Gasteiger partial charge < -0.3 is 4.57 Å². The molecule has 0 bridgehead atoms. The van der Waals surface area contributed by atoms with E-state index in [2.05, 4.69) is 102 Å². The predicted octanol–water partition coefficient (Wildman–Crippen LogP) is 10.6. The normalized spacial score (nSPS) is 11.8. The number of aromatic nitrogens is 5. The van der Waals surface area contributed by atoms with E-state index in [0.29, 0.717) is 11.6 Å². The van der Waals surface area contributed by atoms with Gasteiger partial charge >= 0.3 is 0 Å². The van der Waals surface area contributed by atoms with Crippen molar-refractivity contribution in [3.8, 4) is 34.3 Å². The maximum absolute atomic E-state index is 5.06. The van der Waals surface area contributed by atoms with E-state index in [4.69, 9.17) is 15.1 Å². The standard InChI is InChI=1S/C43H27N5/c1-3-13-28(14-4-1)42-45-43(48(46-42)29-15-5-2-6-16-29)38-26-23-30(27-44-38)47-39-22-12-11-20-34(39)37-25-24-36-33-19-8-7-17-31(33)32-18-9-10-21-35(32)40(36)41(37)47/h1-27H. The molecule has 0 saturated heterocycles. The highest BCUT2D eigenvalue weighted by Crippen LogP contribution is 2.43. The molecule has 10 aromatic rings. The van der Waals surface area contributed by atoms with Crippen molar-refractivity contribution in [2.45, 2.75) is 0 Å². The van der Waals surface area contributed by atoms with E-state index in [1.807, 2.05) is 71.5 Å². The van der Waals surface area contributed by atoms with Gasteiger partial charge in [-0.05, 0) is 57.3 Å². The lowest BCUT2D eigenvalue weighted by atomic mass is 9.93. The van der Waals surface area contributed by atoms with Crippen LogP contribution in [-0.2, 0) is 0 Å². The smallest absolute Gasteiger partial charge is 0.182 e. The van der Waals surface area contributed by atoms with Gasteiger partial charge in [-0.1, -0.05) is 127 Å². The second-order valence-electron chi connectivity index (χ2n) is 12.1. The summed E-state index contributed by atoms with van der Waals surface area (Å²) >= 11 is 0. The van der Waals surface area contributed by atoms with Gasteiger partial charge in [-0.3, -0.25) is 4.98 Å². The summed E-state index contributed by atoms with van der Waals surface area (Å²) in [6.45, 7) is 0. The molecule has 0 N–H and O–H groups in total. The van der Waals surface area contributed by atoms with Crippen LogP contribution in [-0.4, -0.2) is 24.3 Å². The van der Waals surface area contributed by atoms with Crippen molar-refractivity contribution in [3.05, 3.63) is 164 Å². The summed E-state index contributed by atoms with van der Waals surface area (Å²) in [4.78, 5) is 10.1. The third-order valence-electron chi connectivity index (χ3n) is 9.42. The fraction of sp³-hybridized carbons (Fsp3) is 0. The lowest BCUT2D eigenvalue weighted by Gasteiger charge is -2.14. The van der Waals surface area contributed by atoms with Gasteiger partial charge in [-0.25, -0.2) is 9.67 Å². The van der Waals surface area contributed by atoms with E-state index in [1.54, 1.807) is 0 Å². The zero-order chi connectivity index (χ0) is 31.6. The van der Waals surface area contributed by atoms with Crippen LogP contribution in [0.5, 0.6) is 0 Å². The van der Waals surface area contributed by atoms with E-state index < -0.39 is 0 Å². The van der Waals surface area contributed by atoms with E-state index in [1.165, 1.54) is 48.6 Å². The first-order valence-electron chi connectivity index (χ1n) is 16.1. The highest BCUT2D eigenvalue weighted by Gasteiger charge is 2.20. The van der Waals surface area contributed by atoms with Crippen LogP contribution in [0.25, 0.3) is 88.4 Å². The van der Waals surface area contributed by atoms with Crippen LogP contribution < -0.4 is 0 Å². The number of fused-ring (bicyclic) bond motifs is 10. The van der Waals surface area contributed by atoms with Crippen molar-refractivity contribution >= 4 is 54.1 Å². The number of rotatable bonds is 4. The van der Waals surface area contributed by atoms with Crippen molar-refractivity contribution in [2.75, 3.05) is 0 Å². The third-order valence-corrected chi connectivity index (χ3v) is 9.42. The highest BCUT2D eigenvalue weighted by molar-refractivity contribution is 6.33. The minimum Gasteiger partial charge on any atom is -0.307 e. The number of pyridine rings is 1. The van der Waals surface area contributed by atoms with E-state index in [9.17, 15) is 0 Å². The molecule has 0 unspecified atom stereocenters. The van der Waals surface area contributed by atoms with Gasteiger partial charge in [0, 0.05) is 21.7 Å². The van der Waals surface area contributed by atoms with E-state index in [0.717, 1.165) is 28.1 Å². The number of benzene rings is 7. The molecular formula is C43H27N5. The van der Waals surface area contributed by atoms with Gasteiger partial charge in [0.1, 0.15) is 5.69 Å². The summed E-state index contributed by atoms with van der Waals surface area (Å²) in [5, 5.41) is 14.9. The summed E-state index contributed by atoms with van der Waals surface area (Å²) in [5.74, 6) is 1.35. The van der Waals surface area contributed by atoms with Gasteiger partial charge in [0.05, 0.1) is 28.6 Å². The van der Waals surface area contributed by atoms with Crippen LogP contribution in [0.1, 0.15) is 0 Å². The second-order valence-corrected chi connectivity index (χ2v) is 12.1. The molecule has 0 atom stereocenters. The quantitative estimate of drug-likeness (QED) is 0.186. The minimum atomic E-state index is 0.660. The fourth-order valence-electron chi connectivity index (χ4n) is 7.30. The lowest BCUT2D eigenvalue weighted by Crippen LogP contribution is -2.01. The van der Waals surface area contributed by atoms with Gasteiger partial charge in [0.15, 0.2) is 11.6 Å². The molecule has 5 heteroatoms. The first-order valence-corrected chi connectivity index (χ1v) is 16.1. The summed E-state index contributed by atoms with van der Waals surface area (Å²) in [5.41, 5.74) is 5.96. The Bertz CT molecular complexity index is 2780. The van der Waals surface area contributed by atoms with Crippen molar-refractivity contribution < 1.29 is 0 Å². The minimum absolute atomic E-state index is 0.660. The maximum atomic E-state index is 5.06. The topological polar surface area (TPSA) is 48.5 Å². The van der Waals surface area contributed by atoms with E-state index >= 15 is 0 Å². The van der Waals surface area contributed by atoms with Crippen LogP contribution in [0.2, 0.25) is 0 Å². The second kappa shape index (κ2) is 10.5. The maximum Gasteiger partial charge on any atom is 0.182 e. The number of para-hydroxylation sites is 2. The molecule has 0 fully saturated rings. The van der Waals surface area contributed by atoms with Crippen molar-refractivity contribution in [2.24, 2.45) is 0 Å². The molecular weight excluding hydrogens is 587 g/mol. The van der Waals surface area contributed by atoms with Crippen LogP contribution in [0.3, 0.4) is 0 Å². The summed E-state index contributed by atoms with van der Waals surface area (Å²) < 4.78 is 4.26. The monoisotopic (exact) mass is 613 g/mol. The molecule has 7 aromatic carbocycles. The number of nitrogens with zero attached hydrogens (tertiary/aromatic N) is 5. The van der Waals surface area contributed by atoms with Gasteiger partial charge in [-0.2, -0.15) is 0 Å². The third kappa shape index (κ3) is 3.94. The van der Waals surface area contributed by atoms with Crippen LogP contribution in [0, 0.1) is 0 Å².